The average molecular weight is 397 g/mol. The third-order valence-corrected chi connectivity index (χ3v) is 8.35. The third-order valence-electron chi connectivity index (χ3n) is 3.85. The van der Waals surface area contributed by atoms with Gasteiger partial charge in [-0.25, -0.2) is 0 Å². The molecule has 0 rings (SSSR count). The second-order valence-corrected chi connectivity index (χ2v) is 10.7. The lowest BCUT2D eigenvalue weighted by Gasteiger charge is -2.24. The molecule has 1 radical (unpaired) electrons. The molecule has 0 bridgehead atoms. The SMILES string of the molecule is CO[Si](CCCOC(=O)C(C)CNCCC[Si](OC)(OC)OC)OC. The van der Waals surface area contributed by atoms with E-state index in [0.29, 0.717) is 13.2 Å². The lowest BCUT2D eigenvalue weighted by atomic mass is 10.2. The lowest BCUT2D eigenvalue weighted by Crippen LogP contribution is -2.43. The van der Waals surface area contributed by atoms with Gasteiger partial charge in [0.1, 0.15) is 0 Å². The Morgan fingerprint density at radius 3 is 2.16 bits per heavy atom. The van der Waals surface area contributed by atoms with Crippen LogP contribution in [0.5, 0.6) is 0 Å². The van der Waals surface area contributed by atoms with E-state index in [-0.39, 0.29) is 11.9 Å². The van der Waals surface area contributed by atoms with Crippen molar-refractivity contribution in [1.82, 2.24) is 5.32 Å². The first kappa shape index (κ1) is 24.7. The predicted molar refractivity (Wildman–Crippen MR) is 98.4 cm³/mol. The third kappa shape index (κ3) is 10.4. The Kier molecular flexibility index (Phi) is 14.6. The Labute approximate surface area is 154 Å². The van der Waals surface area contributed by atoms with Gasteiger partial charge in [0.2, 0.25) is 0 Å². The second kappa shape index (κ2) is 14.8. The lowest BCUT2D eigenvalue weighted by molar-refractivity contribution is -0.147. The van der Waals surface area contributed by atoms with Crippen molar-refractivity contribution in [2.75, 3.05) is 55.2 Å². The maximum Gasteiger partial charge on any atom is 0.500 e. The molecule has 0 aliphatic carbocycles. The molecule has 1 unspecified atom stereocenters. The molecule has 0 aliphatic rings. The fourth-order valence-electron chi connectivity index (χ4n) is 2.21. The van der Waals surface area contributed by atoms with Gasteiger partial charge >= 0.3 is 24.1 Å². The molecular formula is C15H34NO7Si2. The number of carbonyl (C=O) groups excluding carboxylic acids is 1. The molecule has 149 valence electrons. The molecule has 1 atom stereocenters. The zero-order valence-corrected chi connectivity index (χ0v) is 18.4. The van der Waals surface area contributed by atoms with Crippen molar-refractivity contribution < 1.29 is 31.7 Å². The quantitative estimate of drug-likeness (QED) is 0.237. The smallest absolute Gasteiger partial charge is 0.465 e. The van der Waals surface area contributed by atoms with Crippen LogP contribution in [0.3, 0.4) is 0 Å². The van der Waals surface area contributed by atoms with Crippen LogP contribution in [-0.4, -0.2) is 79.3 Å². The first-order chi connectivity index (χ1) is 12.0. The highest BCUT2D eigenvalue weighted by molar-refractivity contribution is 6.60. The maximum atomic E-state index is 11.9. The Bertz CT molecular complexity index is 334. The summed E-state index contributed by atoms with van der Waals surface area (Å²) in [5.74, 6) is -0.380. The highest BCUT2D eigenvalue weighted by Crippen LogP contribution is 2.14. The second-order valence-electron chi connectivity index (χ2n) is 5.56. The van der Waals surface area contributed by atoms with Crippen molar-refractivity contribution in [3.63, 3.8) is 0 Å². The first-order valence-corrected chi connectivity index (χ1v) is 11.9. The summed E-state index contributed by atoms with van der Waals surface area (Å²) < 4.78 is 31.7. The Morgan fingerprint density at radius 2 is 1.64 bits per heavy atom. The van der Waals surface area contributed by atoms with Gasteiger partial charge in [-0.15, -0.1) is 0 Å². The van der Waals surface area contributed by atoms with Gasteiger partial charge in [-0.2, -0.15) is 0 Å². The van der Waals surface area contributed by atoms with Crippen LogP contribution >= 0.6 is 0 Å². The molecule has 8 nitrogen and oxygen atoms in total. The molecule has 0 fully saturated rings. The zero-order valence-electron chi connectivity index (χ0n) is 16.4. The van der Waals surface area contributed by atoms with Crippen LogP contribution < -0.4 is 5.32 Å². The van der Waals surface area contributed by atoms with Crippen molar-refractivity contribution in [3.8, 4) is 0 Å². The van der Waals surface area contributed by atoms with Gasteiger partial charge in [-0.1, -0.05) is 6.92 Å². The van der Waals surface area contributed by atoms with Crippen LogP contribution in [0.1, 0.15) is 19.8 Å². The van der Waals surface area contributed by atoms with Crippen molar-refractivity contribution in [3.05, 3.63) is 0 Å². The molecule has 10 heteroatoms. The number of hydrogen-bond acceptors (Lipinski definition) is 8. The molecule has 0 amide bonds. The number of rotatable bonds is 16. The van der Waals surface area contributed by atoms with Gasteiger partial charge in [0.25, 0.3) is 0 Å². The zero-order chi connectivity index (χ0) is 19.1. The molecule has 0 aliphatic heterocycles. The van der Waals surface area contributed by atoms with E-state index < -0.39 is 18.1 Å². The Hall–Kier alpha value is -0.336. The molecule has 0 spiro atoms. The summed E-state index contributed by atoms with van der Waals surface area (Å²) in [6.07, 6.45) is 1.60. The normalized spacial score (nSPS) is 13.2. The Balaban J connectivity index is 3.81. The molecule has 0 saturated carbocycles. The largest absolute Gasteiger partial charge is 0.500 e. The summed E-state index contributed by atoms with van der Waals surface area (Å²) >= 11 is 0. The highest BCUT2D eigenvalue weighted by atomic mass is 28.4. The highest BCUT2D eigenvalue weighted by Gasteiger charge is 2.36. The van der Waals surface area contributed by atoms with E-state index in [1.807, 2.05) is 6.92 Å². The number of ether oxygens (including phenoxy) is 1. The molecule has 0 aromatic carbocycles. The minimum Gasteiger partial charge on any atom is -0.465 e. The van der Waals surface area contributed by atoms with Crippen LogP contribution in [0.4, 0.5) is 0 Å². The number of hydrogen-bond donors (Lipinski definition) is 1. The van der Waals surface area contributed by atoms with Gasteiger partial charge in [-0.05, 0) is 25.4 Å². The summed E-state index contributed by atoms with van der Waals surface area (Å²) in [7, 11) is 4.37. The van der Waals surface area contributed by atoms with Gasteiger partial charge in [0.05, 0.1) is 12.5 Å². The van der Waals surface area contributed by atoms with Crippen LogP contribution in [0.15, 0.2) is 0 Å². The van der Waals surface area contributed by atoms with Crippen molar-refractivity contribution in [2.24, 2.45) is 5.92 Å². The summed E-state index contributed by atoms with van der Waals surface area (Å²) in [6, 6.07) is 1.52. The van der Waals surface area contributed by atoms with E-state index >= 15 is 0 Å². The Morgan fingerprint density at radius 1 is 1.04 bits per heavy atom. The molecule has 0 heterocycles. The molecule has 0 aromatic rings. The molecule has 0 aromatic heterocycles. The topological polar surface area (TPSA) is 84.5 Å². The van der Waals surface area contributed by atoms with E-state index in [0.717, 1.165) is 31.5 Å². The molecule has 0 saturated heterocycles. The van der Waals surface area contributed by atoms with Gasteiger partial charge < -0.3 is 32.2 Å². The molecular weight excluding hydrogens is 362 g/mol. The van der Waals surface area contributed by atoms with E-state index in [4.69, 9.17) is 26.9 Å². The van der Waals surface area contributed by atoms with Crippen LogP contribution in [0.2, 0.25) is 12.1 Å². The average Bonchev–Trinajstić information content (AvgIpc) is 2.65. The fourth-order valence-corrected chi connectivity index (χ4v) is 4.94. The van der Waals surface area contributed by atoms with Crippen molar-refractivity contribution in [1.29, 1.82) is 0 Å². The van der Waals surface area contributed by atoms with Gasteiger partial charge in [0, 0.05) is 48.1 Å². The molecule has 1 N–H and O–H groups in total. The monoisotopic (exact) mass is 396 g/mol. The van der Waals surface area contributed by atoms with Gasteiger partial charge in [0.15, 0.2) is 0 Å². The number of carbonyl (C=O) groups is 1. The molecule has 25 heavy (non-hydrogen) atoms. The standard InChI is InChI=1S/C15H34NO7Si2/c1-14(15(17)23-10-8-11-24(18-2)19-3)13-16-9-7-12-25(20-4,21-5)22-6/h14,16H,7-13H2,1-6H3. The van der Waals surface area contributed by atoms with Crippen molar-refractivity contribution >= 4 is 24.1 Å². The minimum absolute atomic E-state index is 0.189. The van der Waals surface area contributed by atoms with Gasteiger partial charge in [-0.3, -0.25) is 4.79 Å². The summed E-state index contributed by atoms with van der Waals surface area (Å²) in [4.78, 5) is 11.9. The fraction of sp³-hybridized carbons (Fsp3) is 0.933. The summed E-state index contributed by atoms with van der Waals surface area (Å²) in [5.41, 5.74) is 0. The van der Waals surface area contributed by atoms with E-state index in [1.54, 1.807) is 35.5 Å². The van der Waals surface area contributed by atoms with Crippen LogP contribution in [-0.2, 0) is 31.7 Å². The van der Waals surface area contributed by atoms with Crippen LogP contribution in [0, 0.1) is 5.92 Å². The van der Waals surface area contributed by atoms with E-state index in [2.05, 4.69) is 5.32 Å². The van der Waals surface area contributed by atoms with E-state index in [9.17, 15) is 4.79 Å². The summed E-state index contributed by atoms with van der Waals surface area (Å²) in [5, 5.41) is 3.26. The predicted octanol–water partition coefficient (Wildman–Crippen LogP) is 1.19. The number of nitrogens with one attached hydrogen (secondary N) is 1. The number of esters is 1. The van der Waals surface area contributed by atoms with Crippen molar-refractivity contribution in [2.45, 2.75) is 31.9 Å². The first-order valence-electron chi connectivity index (χ1n) is 8.45. The van der Waals surface area contributed by atoms with Crippen LogP contribution in [0.25, 0.3) is 0 Å². The minimum atomic E-state index is -2.50. The summed E-state index contributed by atoms with van der Waals surface area (Å²) in [6.45, 7) is 3.59. The maximum absolute atomic E-state index is 11.9. The van der Waals surface area contributed by atoms with E-state index in [1.165, 1.54) is 0 Å².